The van der Waals surface area contributed by atoms with E-state index in [-0.39, 0.29) is 29.4 Å². The highest BCUT2D eigenvalue weighted by atomic mass is 32.2. The average molecular weight is 597 g/mol. The average Bonchev–Trinajstić information content (AvgIpc) is 2.90. The van der Waals surface area contributed by atoms with Gasteiger partial charge in [-0.25, -0.2) is 4.83 Å². The number of rotatable bonds is 10. The molecule has 4 rings (SSSR count). The number of benzene rings is 2. The number of aromatic hydroxyl groups is 1. The summed E-state index contributed by atoms with van der Waals surface area (Å²) < 4.78 is 34.3. The molecule has 0 amide bonds. The van der Waals surface area contributed by atoms with Crippen molar-refractivity contribution in [1.82, 2.24) is 4.83 Å². The van der Waals surface area contributed by atoms with Crippen LogP contribution < -0.4 is 9.57 Å². The Morgan fingerprint density at radius 1 is 1.00 bits per heavy atom. The maximum atomic E-state index is 13.9. The summed E-state index contributed by atoms with van der Waals surface area (Å²) in [5, 5.41) is 15.7. The molecule has 232 valence electrons. The molecular formula is C35H52N2O4S. The molecule has 0 aromatic heterocycles. The molecule has 2 aliphatic rings. The lowest BCUT2D eigenvalue weighted by Crippen LogP contribution is -2.47. The maximum Gasteiger partial charge on any atom is 0.277 e. The fourth-order valence-corrected chi connectivity index (χ4v) is 8.39. The number of phenolic OH excluding ortho intramolecular Hbond substituents is 1. The van der Waals surface area contributed by atoms with E-state index in [0.29, 0.717) is 23.7 Å². The molecule has 0 bridgehead atoms. The van der Waals surface area contributed by atoms with Gasteiger partial charge >= 0.3 is 0 Å². The molecule has 0 saturated heterocycles. The molecule has 2 aromatic carbocycles. The third-order valence-corrected chi connectivity index (χ3v) is 10.6. The van der Waals surface area contributed by atoms with Crippen LogP contribution in [-0.2, 0) is 16.4 Å². The molecular weight excluding hydrogens is 544 g/mol. The Kier molecular flexibility index (Phi) is 9.71. The largest absolute Gasteiger partial charge is 0.508 e. The van der Waals surface area contributed by atoms with Crippen molar-refractivity contribution in [3.05, 3.63) is 52.1 Å². The van der Waals surface area contributed by atoms with Gasteiger partial charge in [-0.05, 0) is 98.1 Å². The van der Waals surface area contributed by atoms with Crippen molar-refractivity contribution in [1.29, 1.82) is 0 Å². The summed E-state index contributed by atoms with van der Waals surface area (Å²) in [5.74, 6) is 1.63. The minimum absolute atomic E-state index is 0.00761. The Labute approximate surface area is 254 Å². The van der Waals surface area contributed by atoms with E-state index in [4.69, 9.17) is 4.74 Å². The highest BCUT2D eigenvalue weighted by Crippen LogP contribution is 2.54. The van der Waals surface area contributed by atoms with Crippen LogP contribution in [0.5, 0.6) is 11.5 Å². The summed E-state index contributed by atoms with van der Waals surface area (Å²) in [6.45, 7) is 18.9. The molecule has 1 fully saturated rings. The van der Waals surface area contributed by atoms with Gasteiger partial charge in [-0.2, -0.15) is 13.5 Å². The van der Waals surface area contributed by atoms with E-state index in [1.807, 2.05) is 33.8 Å². The maximum absolute atomic E-state index is 13.9. The van der Waals surface area contributed by atoms with Crippen molar-refractivity contribution in [3.8, 4) is 11.5 Å². The van der Waals surface area contributed by atoms with Crippen LogP contribution in [0, 0.1) is 5.92 Å². The molecule has 1 heterocycles. The number of nitrogens with zero attached hydrogens (tertiary/aromatic N) is 1. The van der Waals surface area contributed by atoms with Gasteiger partial charge in [0.2, 0.25) is 0 Å². The quantitative estimate of drug-likeness (QED) is 0.212. The minimum Gasteiger partial charge on any atom is -0.508 e. The van der Waals surface area contributed by atoms with E-state index in [0.717, 1.165) is 71.4 Å². The molecule has 2 atom stereocenters. The van der Waals surface area contributed by atoms with Gasteiger partial charge in [0, 0.05) is 23.1 Å². The molecule has 1 aliphatic heterocycles. The zero-order valence-electron chi connectivity index (χ0n) is 27.2. The number of hydrogen-bond acceptors (Lipinski definition) is 5. The van der Waals surface area contributed by atoms with Gasteiger partial charge in [0.1, 0.15) is 17.1 Å². The molecule has 2 aromatic rings. The van der Waals surface area contributed by atoms with Crippen LogP contribution in [0.2, 0.25) is 0 Å². The number of hydrogen-bond donors (Lipinski definition) is 2. The summed E-state index contributed by atoms with van der Waals surface area (Å²) in [4.78, 5) is 3.01. The van der Waals surface area contributed by atoms with Crippen molar-refractivity contribution in [2.75, 3.05) is 0 Å². The summed E-state index contributed by atoms with van der Waals surface area (Å²) in [5.41, 5.74) is 5.17. The summed E-state index contributed by atoms with van der Waals surface area (Å²) in [6.07, 6.45) is 6.38. The van der Waals surface area contributed by atoms with E-state index in [9.17, 15) is 13.5 Å². The SMILES string of the molecule is CCCCCc1cc(O)c2c(c1)OC(C)(C)[C@@H]1CC/C(=N\NS(=O)(=O)c3c(C(C)C)cc(C(C)C)cc3C(C)C)C[C@@H]21. The second-order valence-electron chi connectivity index (χ2n) is 13.9. The van der Waals surface area contributed by atoms with Gasteiger partial charge in [0.15, 0.2) is 0 Å². The first-order chi connectivity index (χ1) is 19.7. The van der Waals surface area contributed by atoms with Crippen LogP contribution >= 0.6 is 0 Å². The van der Waals surface area contributed by atoms with E-state index >= 15 is 0 Å². The van der Waals surface area contributed by atoms with E-state index in [1.54, 1.807) is 0 Å². The van der Waals surface area contributed by atoms with Crippen molar-refractivity contribution in [2.45, 2.75) is 141 Å². The molecule has 1 saturated carbocycles. The lowest BCUT2D eigenvalue weighted by Gasteiger charge is -2.47. The predicted octanol–water partition coefficient (Wildman–Crippen LogP) is 8.88. The first-order valence-electron chi connectivity index (χ1n) is 16.0. The Bertz CT molecular complexity index is 1390. The van der Waals surface area contributed by atoms with E-state index < -0.39 is 15.6 Å². The van der Waals surface area contributed by atoms with Crippen LogP contribution in [-0.4, -0.2) is 24.8 Å². The van der Waals surface area contributed by atoms with Crippen LogP contribution in [0.4, 0.5) is 0 Å². The Hall–Kier alpha value is -2.54. The van der Waals surface area contributed by atoms with Crippen LogP contribution in [0.25, 0.3) is 0 Å². The second kappa shape index (κ2) is 12.6. The van der Waals surface area contributed by atoms with Crippen molar-refractivity contribution in [2.24, 2.45) is 11.0 Å². The lowest BCUT2D eigenvalue weighted by molar-refractivity contribution is 0.00327. The van der Waals surface area contributed by atoms with Crippen molar-refractivity contribution < 1.29 is 18.3 Å². The zero-order chi connectivity index (χ0) is 31.0. The smallest absolute Gasteiger partial charge is 0.277 e. The molecule has 42 heavy (non-hydrogen) atoms. The number of fused-ring (bicyclic) bond motifs is 3. The Morgan fingerprint density at radius 3 is 2.21 bits per heavy atom. The van der Waals surface area contributed by atoms with Crippen molar-refractivity contribution >= 4 is 15.7 Å². The Balaban J connectivity index is 1.66. The van der Waals surface area contributed by atoms with Gasteiger partial charge in [0.25, 0.3) is 10.0 Å². The number of unbranched alkanes of at least 4 members (excludes halogenated alkanes) is 2. The van der Waals surface area contributed by atoms with Gasteiger partial charge < -0.3 is 9.84 Å². The molecule has 2 N–H and O–H groups in total. The first kappa shape index (κ1) is 32.4. The third-order valence-electron chi connectivity index (χ3n) is 9.24. The van der Waals surface area contributed by atoms with E-state index in [1.165, 1.54) is 0 Å². The van der Waals surface area contributed by atoms with Crippen LogP contribution in [0.15, 0.2) is 34.3 Å². The molecule has 0 radical (unpaired) electrons. The zero-order valence-corrected chi connectivity index (χ0v) is 28.0. The normalized spacial score (nSPS) is 21.0. The van der Waals surface area contributed by atoms with Gasteiger partial charge in [0.05, 0.1) is 4.90 Å². The van der Waals surface area contributed by atoms with Gasteiger partial charge in [-0.1, -0.05) is 73.4 Å². The Morgan fingerprint density at radius 2 is 1.64 bits per heavy atom. The fraction of sp³-hybridized carbons (Fsp3) is 0.629. The molecule has 0 unspecified atom stereocenters. The lowest BCUT2D eigenvalue weighted by atomic mass is 9.66. The van der Waals surface area contributed by atoms with Crippen molar-refractivity contribution in [3.63, 3.8) is 0 Å². The van der Waals surface area contributed by atoms with Gasteiger partial charge in [-0.3, -0.25) is 0 Å². The minimum atomic E-state index is -3.90. The number of aryl methyl sites for hydroxylation is 1. The number of phenols is 1. The molecule has 6 nitrogen and oxygen atoms in total. The number of ether oxygens (including phenoxy) is 1. The number of hydrazone groups is 1. The fourth-order valence-electron chi connectivity index (χ4n) is 6.84. The summed E-state index contributed by atoms with van der Waals surface area (Å²) in [6, 6.07) is 8.09. The number of sulfonamides is 1. The molecule has 0 spiro atoms. The molecule has 7 heteroatoms. The number of nitrogens with one attached hydrogen (secondary N) is 1. The summed E-state index contributed by atoms with van der Waals surface area (Å²) in [7, 11) is -3.90. The monoisotopic (exact) mass is 596 g/mol. The van der Waals surface area contributed by atoms with Gasteiger partial charge in [-0.15, -0.1) is 0 Å². The van der Waals surface area contributed by atoms with E-state index in [2.05, 4.69) is 62.8 Å². The van der Waals surface area contributed by atoms with Crippen LogP contribution in [0.1, 0.15) is 152 Å². The first-order valence-corrected chi connectivity index (χ1v) is 17.4. The second-order valence-corrected chi connectivity index (χ2v) is 15.5. The standard InChI is InChI=1S/C35H52N2O4S/c1-10-11-12-13-24-16-31(38)33-29-20-26(14-15-30(29)35(8,9)41-32(33)17-24)36-37-42(39,40)34-27(22(4)5)18-25(21(2)3)19-28(34)23(6)7/h16-19,21-23,29-30,37-38H,10-15,20H2,1-9H3/b36-26+/t29-,30-/m1/s1. The highest BCUT2D eigenvalue weighted by Gasteiger charge is 2.47. The topological polar surface area (TPSA) is 88.0 Å². The predicted molar refractivity (Wildman–Crippen MR) is 173 cm³/mol. The molecule has 1 aliphatic carbocycles. The summed E-state index contributed by atoms with van der Waals surface area (Å²) >= 11 is 0. The highest BCUT2D eigenvalue weighted by molar-refractivity contribution is 7.89. The third kappa shape index (κ3) is 6.66. The van der Waals surface area contributed by atoms with Crippen LogP contribution in [0.3, 0.4) is 0 Å².